The topological polar surface area (TPSA) is 38.2 Å². The minimum atomic E-state index is 0.249. The SMILES string of the molecule is COc1ccccc1C1CCCN1c1ncncc1Cl. The van der Waals surface area contributed by atoms with Crippen LogP contribution in [0, 0.1) is 0 Å². The van der Waals surface area contributed by atoms with Crippen LogP contribution in [0.2, 0.25) is 5.02 Å². The van der Waals surface area contributed by atoms with Crippen LogP contribution in [0.5, 0.6) is 5.75 Å². The molecule has 1 unspecified atom stereocenters. The fourth-order valence-electron chi connectivity index (χ4n) is 2.80. The van der Waals surface area contributed by atoms with Crippen molar-refractivity contribution in [3.8, 4) is 5.75 Å². The van der Waals surface area contributed by atoms with E-state index in [-0.39, 0.29) is 6.04 Å². The third-order valence-corrected chi connectivity index (χ3v) is 3.94. The minimum Gasteiger partial charge on any atom is -0.496 e. The minimum absolute atomic E-state index is 0.249. The van der Waals surface area contributed by atoms with Crippen molar-refractivity contribution in [2.45, 2.75) is 18.9 Å². The Kier molecular flexibility index (Phi) is 3.74. The van der Waals surface area contributed by atoms with Crippen molar-refractivity contribution in [1.82, 2.24) is 9.97 Å². The lowest BCUT2D eigenvalue weighted by Crippen LogP contribution is -2.24. The zero-order chi connectivity index (χ0) is 13.9. The van der Waals surface area contributed by atoms with E-state index in [0.717, 1.165) is 31.0 Å². The molecule has 0 radical (unpaired) electrons. The summed E-state index contributed by atoms with van der Waals surface area (Å²) >= 11 is 6.23. The predicted molar refractivity (Wildman–Crippen MR) is 79.4 cm³/mol. The second-order valence-corrected chi connectivity index (χ2v) is 5.19. The number of para-hydroxylation sites is 1. The summed E-state index contributed by atoms with van der Waals surface area (Å²) in [5.41, 5.74) is 1.18. The lowest BCUT2D eigenvalue weighted by molar-refractivity contribution is 0.405. The van der Waals surface area contributed by atoms with E-state index >= 15 is 0 Å². The van der Waals surface area contributed by atoms with Crippen LogP contribution in [-0.4, -0.2) is 23.6 Å². The number of benzene rings is 1. The maximum Gasteiger partial charge on any atom is 0.151 e. The van der Waals surface area contributed by atoms with Gasteiger partial charge in [0.2, 0.25) is 0 Å². The van der Waals surface area contributed by atoms with Crippen LogP contribution in [0.3, 0.4) is 0 Å². The van der Waals surface area contributed by atoms with E-state index in [0.29, 0.717) is 5.02 Å². The van der Waals surface area contributed by atoms with Crippen molar-refractivity contribution in [3.63, 3.8) is 0 Å². The van der Waals surface area contributed by atoms with Crippen molar-refractivity contribution in [2.24, 2.45) is 0 Å². The van der Waals surface area contributed by atoms with E-state index in [1.165, 1.54) is 5.56 Å². The smallest absolute Gasteiger partial charge is 0.151 e. The summed E-state index contributed by atoms with van der Waals surface area (Å²) in [6, 6.07) is 8.37. The first-order valence-electron chi connectivity index (χ1n) is 6.66. The average Bonchev–Trinajstić information content (AvgIpc) is 2.96. The molecule has 0 amide bonds. The van der Waals surface area contributed by atoms with Gasteiger partial charge in [-0.15, -0.1) is 0 Å². The Bertz CT molecular complexity index is 605. The lowest BCUT2D eigenvalue weighted by Gasteiger charge is -2.27. The number of methoxy groups -OCH3 is 1. The van der Waals surface area contributed by atoms with E-state index < -0.39 is 0 Å². The van der Waals surface area contributed by atoms with E-state index in [4.69, 9.17) is 16.3 Å². The molecule has 1 fully saturated rings. The third-order valence-electron chi connectivity index (χ3n) is 3.67. The number of ether oxygens (including phenoxy) is 1. The summed E-state index contributed by atoms with van der Waals surface area (Å²) in [7, 11) is 1.70. The molecule has 2 heterocycles. The highest BCUT2D eigenvalue weighted by Crippen LogP contribution is 2.40. The van der Waals surface area contributed by atoms with E-state index in [1.54, 1.807) is 19.6 Å². The van der Waals surface area contributed by atoms with Gasteiger partial charge in [-0.3, -0.25) is 0 Å². The van der Waals surface area contributed by atoms with Crippen molar-refractivity contribution >= 4 is 17.4 Å². The van der Waals surface area contributed by atoms with Crippen molar-refractivity contribution < 1.29 is 4.74 Å². The molecular formula is C15H16ClN3O. The number of anilines is 1. The number of aromatic nitrogens is 2. The molecule has 1 aromatic heterocycles. The van der Waals surface area contributed by atoms with Gasteiger partial charge in [0.25, 0.3) is 0 Å². The van der Waals surface area contributed by atoms with Gasteiger partial charge >= 0.3 is 0 Å². The fraction of sp³-hybridized carbons (Fsp3) is 0.333. The molecule has 1 aliphatic rings. The Morgan fingerprint density at radius 3 is 3.00 bits per heavy atom. The molecule has 0 N–H and O–H groups in total. The molecule has 20 heavy (non-hydrogen) atoms. The average molecular weight is 290 g/mol. The lowest BCUT2D eigenvalue weighted by atomic mass is 10.0. The molecule has 1 aliphatic heterocycles. The number of halogens is 1. The number of hydrogen-bond acceptors (Lipinski definition) is 4. The van der Waals surface area contributed by atoms with Crippen LogP contribution in [0.1, 0.15) is 24.4 Å². The van der Waals surface area contributed by atoms with Gasteiger partial charge in [0, 0.05) is 12.1 Å². The standard InChI is InChI=1S/C15H16ClN3O/c1-20-14-7-3-2-5-11(14)13-6-4-8-19(13)15-12(16)9-17-10-18-15/h2-3,5,7,9-10,13H,4,6,8H2,1H3. The van der Waals surface area contributed by atoms with Gasteiger partial charge in [0.15, 0.2) is 5.82 Å². The van der Waals surface area contributed by atoms with E-state index in [1.807, 2.05) is 18.2 Å². The molecule has 4 nitrogen and oxygen atoms in total. The van der Waals surface area contributed by atoms with Crippen LogP contribution in [0.25, 0.3) is 0 Å². The van der Waals surface area contributed by atoms with Gasteiger partial charge in [0.05, 0.1) is 19.3 Å². The Labute approximate surface area is 123 Å². The quantitative estimate of drug-likeness (QED) is 0.867. The zero-order valence-corrected chi connectivity index (χ0v) is 12.0. The molecule has 0 aliphatic carbocycles. The zero-order valence-electron chi connectivity index (χ0n) is 11.3. The maximum absolute atomic E-state index is 6.23. The Morgan fingerprint density at radius 2 is 2.20 bits per heavy atom. The second-order valence-electron chi connectivity index (χ2n) is 4.79. The summed E-state index contributed by atoms with van der Waals surface area (Å²) in [5.74, 6) is 1.71. The first kappa shape index (κ1) is 13.2. The molecule has 0 bridgehead atoms. The van der Waals surface area contributed by atoms with E-state index in [9.17, 15) is 0 Å². The highest BCUT2D eigenvalue weighted by molar-refractivity contribution is 6.32. The third kappa shape index (κ3) is 2.31. The molecule has 104 valence electrons. The molecule has 2 aromatic rings. The second kappa shape index (κ2) is 5.67. The highest BCUT2D eigenvalue weighted by Gasteiger charge is 2.30. The summed E-state index contributed by atoms with van der Waals surface area (Å²) in [5, 5.41) is 0.592. The van der Waals surface area contributed by atoms with Crippen LogP contribution in [0.4, 0.5) is 5.82 Å². The molecule has 1 saturated heterocycles. The van der Waals surface area contributed by atoms with Gasteiger partial charge in [-0.1, -0.05) is 29.8 Å². The first-order chi connectivity index (χ1) is 9.81. The van der Waals surface area contributed by atoms with Gasteiger partial charge in [-0.2, -0.15) is 0 Å². The highest BCUT2D eigenvalue weighted by atomic mass is 35.5. The van der Waals surface area contributed by atoms with Crippen LogP contribution in [-0.2, 0) is 0 Å². The molecular weight excluding hydrogens is 274 g/mol. The summed E-state index contributed by atoms with van der Waals surface area (Å²) in [4.78, 5) is 10.5. The largest absolute Gasteiger partial charge is 0.496 e. The number of rotatable bonds is 3. The van der Waals surface area contributed by atoms with Crippen molar-refractivity contribution in [1.29, 1.82) is 0 Å². The molecule has 1 aromatic carbocycles. The van der Waals surface area contributed by atoms with E-state index in [2.05, 4.69) is 20.9 Å². The monoisotopic (exact) mass is 289 g/mol. The van der Waals surface area contributed by atoms with Crippen LogP contribution in [0.15, 0.2) is 36.8 Å². The van der Waals surface area contributed by atoms with Gasteiger partial charge in [-0.25, -0.2) is 9.97 Å². The normalized spacial score (nSPS) is 18.3. The fourth-order valence-corrected chi connectivity index (χ4v) is 3.02. The molecule has 5 heteroatoms. The maximum atomic E-state index is 6.23. The Morgan fingerprint density at radius 1 is 1.35 bits per heavy atom. The number of hydrogen-bond donors (Lipinski definition) is 0. The van der Waals surface area contributed by atoms with Gasteiger partial charge in [0.1, 0.15) is 17.1 Å². The summed E-state index contributed by atoms with van der Waals surface area (Å²) in [6.07, 6.45) is 5.37. The van der Waals surface area contributed by atoms with Crippen LogP contribution >= 0.6 is 11.6 Å². The van der Waals surface area contributed by atoms with Crippen LogP contribution < -0.4 is 9.64 Å². The molecule has 1 atom stereocenters. The Balaban J connectivity index is 1.99. The predicted octanol–water partition coefficient (Wildman–Crippen LogP) is 3.48. The molecule has 3 rings (SSSR count). The Hall–Kier alpha value is -1.81. The molecule has 0 saturated carbocycles. The number of nitrogens with zero attached hydrogens (tertiary/aromatic N) is 3. The molecule has 0 spiro atoms. The first-order valence-corrected chi connectivity index (χ1v) is 7.04. The van der Waals surface area contributed by atoms with Crippen molar-refractivity contribution in [3.05, 3.63) is 47.4 Å². The van der Waals surface area contributed by atoms with Crippen molar-refractivity contribution in [2.75, 3.05) is 18.6 Å². The van der Waals surface area contributed by atoms with Gasteiger partial charge < -0.3 is 9.64 Å². The summed E-state index contributed by atoms with van der Waals surface area (Å²) in [6.45, 7) is 0.944. The van der Waals surface area contributed by atoms with Gasteiger partial charge in [-0.05, 0) is 18.9 Å². The summed E-state index contributed by atoms with van der Waals surface area (Å²) < 4.78 is 5.48.